The zero-order valence-corrected chi connectivity index (χ0v) is 13.0. The molecule has 1 aromatic carbocycles. The monoisotopic (exact) mass is 292 g/mol. The predicted octanol–water partition coefficient (Wildman–Crippen LogP) is 5.73. The number of carbonyl (C=O) groups excluding carboxylic acids is 1. The molecule has 0 amide bonds. The fourth-order valence-electron chi connectivity index (χ4n) is 2.65. The van der Waals surface area contributed by atoms with Crippen molar-refractivity contribution in [1.29, 1.82) is 0 Å². The van der Waals surface area contributed by atoms with Gasteiger partial charge in [-0.2, -0.15) is 0 Å². The van der Waals surface area contributed by atoms with E-state index < -0.39 is 0 Å². The minimum absolute atomic E-state index is 0.0566. The maximum absolute atomic E-state index is 11.6. The molecule has 1 aliphatic rings. The molecule has 0 spiro atoms. The summed E-state index contributed by atoms with van der Waals surface area (Å²) >= 11 is 1.34. The van der Waals surface area contributed by atoms with Crippen LogP contribution in [0.15, 0.2) is 30.3 Å². The second-order valence-electron chi connectivity index (χ2n) is 5.41. The van der Waals surface area contributed by atoms with Gasteiger partial charge in [-0.25, -0.2) is 4.79 Å². The van der Waals surface area contributed by atoms with E-state index in [1.807, 2.05) is 18.2 Å². The number of hydrogen-bond donors (Lipinski definition) is 0. The summed E-state index contributed by atoms with van der Waals surface area (Å²) in [5.41, 5.74) is 1.21. The Bertz CT molecular complexity index is 405. The van der Waals surface area contributed by atoms with Gasteiger partial charge in [0.1, 0.15) is 6.10 Å². The Labute approximate surface area is 126 Å². The predicted molar refractivity (Wildman–Crippen MR) is 85.0 cm³/mol. The summed E-state index contributed by atoms with van der Waals surface area (Å²) < 4.78 is 5.48. The average Bonchev–Trinajstić information content (AvgIpc) is 2.85. The van der Waals surface area contributed by atoms with E-state index >= 15 is 0 Å². The van der Waals surface area contributed by atoms with Crippen molar-refractivity contribution in [1.82, 2.24) is 0 Å². The first kappa shape index (κ1) is 15.4. The normalized spacial score (nSPS) is 21.9. The Morgan fingerprint density at radius 2 is 1.75 bits per heavy atom. The Morgan fingerprint density at radius 1 is 1.05 bits per heavy atom. The van der Waals surface area contributed by atoms with E-state index in [1.54, 1.807) is 0 Å². The Morgan fingerprint density at radius 3 is 2.50 bits per heavy atom. The second-order valence-corrected chi connectivity index (χ2v) is 6.49. The SMILES string of the molecule is CCCCCCCC[C@@H]1OC(=O)S[C@H]1c1ccccc1. The van der Waals surface area contributed by atoms with E-state index in [0.717, 1.165) is 12.8 Å². The van der Waals surface area contributed by atoms with Gasteiger partial charge in [0.15, 0.2) is 0 Å². The quantitative estimate of drug-likeness (QED) is 0.452. The fourth-order valence-corrected chi connectivity index (χ4v) is 3.68. The zero-order valence-electron chi connectivity index (χ0n) is 12.2. The van der Waals surface area contributed by atoms with Crippen molar-refractivity contribution in [3.05, 3.63) is 35.9 Å². The Hall–Kier alpha value is -0.960. The minimum atomic E-state index is -0.116. The number of rotatable bonds is 8. The van der Waals surface area contributed by atoms with E-state index in [-0.39, 0.29) is 16.7 Å². The molecule has 1 aliphatic heterocycles. The summed E-state index contributed by atoms with van der Waals surface area (Å²) in [6, 6.07) is 10.2. The first-order chi connectivity index (χ1) is 9.81. The molecular weight excluding hydrogens is 268 g/mol. The van der Waals surface area contributed by atoms with Crippen molar-refractivity contribution in [3.8, 4) is 0 Å². The number of cyclic esters (lactones) is 1. The molecule has 0 aliphatic carbocycles. The van der Waals surface area contributed by atoms with Crippen LogP contribution in [0.5, 0.6) is 0 Å². The van der Waals surface area contributed by atoms with Crippen molar-refractivity contribution >= 4 is 17.1 Å². The summed E-state index contributed by atoms with van der Waals surface area (Å²) in [6.07, 6.45) is 8.71. The Balaban J connectivity index is 1.79. The largest absolute Gasteiger partial charge is 0.453 e. The highest BCUT2D eigenvalue weighted by atomic mass is 32.2. The van der Waals surface area contributed by atoms with E-state index in [4.69, 9.17) is 4.74 Å². The van der Waals surface area contributed by atoms with Gasteiger partial charge in [-0.3, -0.25) is 0 Å². The molecule has 3 heteroatoms. The second kappa shape index (κ2) is 8.35. The van der Waals surface area contributed by atoms with Gasteiger partial charge in [-0.15, -0.1) is 0 Å². The van der Waals surface area contributed by atoms with Gasteiger partial charge in [0.25, 0.3) is 0 Å². The summed E-state index contributed by atoms with van der Waals surface area (Å²) in [7, 11) is 0. The van der Waals surface area contributed by atoms with Gasteiger partial charge in [-0.1, -0.05) is 69.4 Å². The van der Waals surface area contributed by atoms with Crippen molar-refractivity contribution in [2.24, 2.45) is 0 Å². The van der Waals surface area contributed by atoms with E-state index in [1.165, 1.54) is 49.4 Å². The van der Waals surface area contributed by atoms with E-state index in [0.29, 0.717) is 0 Å². The molecule has 20 heavy (non-hydrogen) atoms. The highest BCUT2D eigenvalue weighted by Gasteiger charge is 2.36. The van der Waals surface area contributed by atoms with Gasteiger partial charge >= 0.3 is 5.30 Å². The Kier molecular flexibility index (Phi) is 6.44. The maximum atomic E-state index is 11.6. The van der Waals surface area contributed by atoms with Crippen LogP contribution in [-0.2, 0) is 4.74 Å². The highest BCUT2D eigenvalue weighted by Crippen LogP contribution is 2.43. The molecule has 2 rings (SSSR count). The van der Waals surface area contributed by atoms with Gasteiger partial charge in [0.05, 0.1) is 5.25 Å². The van der Waals surface area contributed by atoms with Crippen LogP contribution < -0.4 is 0 Å². The molecule has 2 atom stereocenters. The summed E-state index contributed by atoms with van der Waals surface area (Å²) in [4.78, 5) is 11.6. The lowest BCUT2D eigenvalue weighted by molar-refractivity contribution is 0.124. The van der Waals surface area contributed by atoms with Crippen LogP contribution in [0.1, 0.15) is 62.7 Å². The fraction of sp³-hybridized carbons (Fsp3) is 0.588. The molecule has 1 heterocycles. The van der Waals surface area contributed by atoms with Crippen LogP contribution in [0.3, 0.4) is 0 Å². The number of benzene rings is 1. The van der Waals surface area contributed by atoms with Crippen molar-refractivity contribution in [2.75, 3.05) is 0 Å². The molecule has 1 fully saturated rings. The minimum Gasteiger partial charge on any atom is -0.453 e. The lowest BCUT2D eigenvalue weighted by Crippen LogP contribution is -2.13. The molecule has 0 N–H and O–H groups in total. The van der Waals surface area contributed by atoms with Crippen LogP contribution in [0.25, 0.3) is 0 Å². The molecular formula is C17H24O2S. The topological polar surface area (TPSA) is 26.3 Å². The van der Waals surface area contributed by atoms with Gasteiger partial charge < -0.3 is 4.74 Å². The van der Waals surface area contributed by atoms with E-state index in [2.05, 4.69) is 19.1 Å². The summed E-state index contributed by atoms with van der Waals surface area (Å²) in [6.45, 7) is 2.24. The maximum Gasteiger partial charge on any atom is 0.368 e. The van der Waals surface area contributed by atoms with Crippen LogP contribution in [-0.4, -0.2) is 11.4 Å². The van der Waals surface area contributed by atoms with Crippen molar-refractivity contribution in [2.45, 2.75) is 63.2 Å². The number of hydrogen-bond acceptors (Lipinski definition) is 3. The molecule has 2 nitrogen and oxygen atoms in total. The molecule has 110 valence electrons. The smallest absolute Gasteiger partial charge is 0.368 e. The molecule has 0 radical (unpaired) electrons. The molecule has 0 saturated carbocycles. The lowest BCUT2D eigenvalue weighted by Gasteiger charge is -2.16. The van der Waals surface area contributed by atoms with E-state index in [9.17, 15) is 4.79 Å². The first-order valence-corrected chi connectivity index (χ1v) is 8.61. The molecule has 1 aromatic rings. The number of carbonyl (C=O) groups is 1. The first-order valence-electron chi connectivity index (χ1n) is 7.73. The van der Waals surface area contributed by atoms with Crippen LogP contribution in [0, 0.1) is 0 Å². The third-order valence-electron chi connectivity index (χ3n) is 3.78. The zero-order chi connectivity index (χ0) is 14.2. The molecule has 0 unspecified atom stereocenters. The van der Waals surface area contributed by atoms with Crippen LogP contribution >= 0.6 is 11.8 Å². The standard InChI is InChI=1S/C17H24O2S/c1-2-3-4-5-6-10-13-15-16(20-17(18)19-15)14-11-8-7-9-12-14/h7-9,11-12,15-16H,2-6,10,13H2,1H3/t15-,16-/m0/s1. The third-order valence-corrected chi connectivity index (χ3v) is 4.90. The van der Waals surface area contributed by atoms with Gasteiger partial charge in [0, 0.05) is 0 Å². The molecule has 1 saturated heterocycles. The average molecular weight is 292 g/mol. The van der Waals surface area contributed by atoms with Crippen molar-refractivity contribution < 1.29 is 9.53 Å². The van der Waals surface area contributed by atoms with Crippen LogP contribution in [0.4, 0.5) is 4.79 Å². The number of thioether (sulfide) groups is 1. The molecule has 0 aromatic heterocycles. The number of unbranched alkanes of at least 4 members (excludes halogenated alkanes) is 5. The van der Waals surface area contributed by atoms with Crippen LogP contribution in [0.2, 0.25) is 0 Å². The summed E-state index contributed by atoms with van der Waals surface area (Å²) in [5, 5.41) is 0.0641. The van der Waals surface area contributed by atoms with Gasteiger partial charge in [-0.05, 0) is 30.2 Å². The highest BCUT2D eigenvalue weighted by molar-refractivity contribution is 8.13. The third kappa shape index (κ3) is 4.55. The van der Waals surface area contributed by atoms with Gasteiger partial charge in [0.2, 0.25) is 0 Å². The lowest BCUT2D eigenvalue weighted by atomic mass is 10.0. The summed E-state index contributed by atoms with van der Waals surface area (Å²) in [5.74, 6) is 0. The number of ether oxygens (including phenoxy) is 1. The molecule has 0 bridgehead atoms. The van der Waals surface area contributed by atoms with Crippen molar-refractivity contribution in [3.63, 3.8) is 0 Å².